The predicted octanol–water partition coefficient (Wildman–Crippen LogP) is -0.797. The lowest BCUT2D eigenvalue weighted by molar-refractivity contribution is -0.149. The number of esters is 1. The SMILES string of the molecule is CC(C)CC(C)OC(=O)Cn1c(=O)[nH]c(=O)[nH]c1=O. The average molecular weight is 271 g/mol. The third-order valence-electron chi connectivity index (χ3n) is 2.35. The number of nitrogens with zero attached hydrogens (tertiary/aromatic N) is 1. The molecular formula is C11H17N3O5. The van der Waals surface area contributed by atoms with Crippen LogP contribution in [0, 0.1) is 5.92 Å². The van der Waals surface area contributed by atoms with Crippen LogP contribution < -0.4 is 17.1 Å². The van der Waals surface area contributed by atoms with Gasteiger partial charge in [0.2, 0.25) is 0 Å². The quantitative estimate of drug-likeness (QED) is 0.681. The molecule has 1 rings (SSSR count). The Balaban J connectivity index is 2.76. The van der Waals surface area contributed by atoms with Gasteiger partial charge in [0.15, 0.2) is 0 Å². The minimum absolute atomic E-state index is 0.301. The normalized spacial score (nSPS) is 12.4. The first kappa shape index (κ1) is 14.9. The van der Waals surface area contributed by atoms with E-state index in [0.29, 0.717) is 16.9 Å². The summed E-state index contributed by atoms with van der Waals surface area (Å²) in [6.07, 6.45) is 0.382. The fourth-order valence-corrected chi connectivity index (χ4v) is 1.70. The topological polar surface area (TPSA) is 114 Å². The first-order valence-corrected chi connectivity index (χ1v) is 5.92. The van der Waals surface area contributed by atoms with E-state index in [0.717, 1.165) is 0 Å². The minimum Gasteiger partial charge on any atom is -0.461 e. The molecule has 0 amide bonds. The molecule has 1 aromatic rings. The molecule has 0 spiro atoms. The summed E-state index contributed by atoms with van der Waals surface area (Å²) < 4.78 is 5.64. The molecule has 0 bridgehead atoms. The lowest BCUT2D eigenvalue weighted by Crippen LogP contribution is -2.45. The number of rotatable bonds is 5. The summed E-state index contributed by atoms with van der Waals surface area (Å²) in [4.78, 5) is 48.8. The van der Waals surface area contributed by atoms with Crippen LogP contribution in [0.1, 0.15) is 27.2 Å². The Morgan fingerprint density at radius 1 is 1.16 bits per heavy atom. The van der Waals surface area contributed by atoms with E-state index in [4.69, 9.17) is 4.74 Å². The molecule has 1 heterocycles. The van der Waals surface area contributed by atoms with Gasteiger partial charge in [-0.1, -0.05) is 13.8 Å². The van der Waals surface area contributed by atoms with Crippen molar-refractivity contribution in [1.82, 2.24) is 14.5 Å². The molecule has 0 fully saturated rings. The van der Waals surface area contributed by atoms with E-state index in [1.54, 1.807) is 6.92 Å². The zero-order valence-electron chi connectivity index (χ0n) is 11.1. The van der Waals surface area contributed by atoms with Crippen LogP contribution in [0.2, 0.25) is 0 Å². The molecule has 106 valence electrons. The van der Waals surface area contributed by atoms with Crippen LogP contribution in [-0.4, -0.2) is 26.6 Å². The zero-order valence-corrected chi connectivity index (χ0v) is 11.1. The van der Waals surface area contributed by atoms with E-state index in [1.165, 1.54) is 0 Å². The smallest absolute Gasteiger partial charge is 0.334 e. The summed E-state index contributed by atoms with van der Waals surface area (Å²) in [6.45, 7) is 5.17. The van der Waals surface area contributed by atoms with E-state index < -0.39 is 29.6 Å². The molecular weight excluding hydrogens is 254 g/mol. The van der Waals surface area contributed by atoms with Gasteiger partial charge < -0.3 is 4.74 Å². The van der Waals surface area contributed by atoms with Crippen LogP contribution in [0.15, 0.2) is 14.4 Å². The fraction of sp³-hybridized carbons (Fsp3) is 0.636. The second-order valence-electron chi connectivity index (χ2n) is 4.71. The summed E-state index contributed by atoms with van der Waals surface area (Å²) in [5, 5.41) is 0. The Morgan fingerprint density at radius 2 is 1.68 bits per heavy atom. The number of hydrogen-bond donors (Lipinski definition) is 2. The number of nitrogens with one attached hydrogen (secondary N) is 2. The molecule has 0 radical (unpaired) electrons. The number of carbonyl (C=O) groups excluding carboxylic acids is 1. The number of hydrogen-bond acceptors (Lipinski definition) is 5. The molecule has 0 aliphatic carbocycles. The third-order valence-corrected chi connectivity index (χ3v) is 2.35. The monoisotopic (exact) mass is 271 g/mol. The second-order valence-corrected chi connectivity index (χ2v) is 4.71. The fourth-order valence-electron chi connectivity index (χ4n) is 1.70. The van der Waals surface area contributed by atoms with Crippen molar-refractivity contribution in [1.29, 1.82) is 0 Å². The summed E-state index contributed by atoms with van der Waals surface area (Å²) in [5.74, 6) is -0.338. The standard InChI is InChI=1S/C11H17N3O5/c1-6(2)4-7(3)19-8(15)5-14-10(17)12-9(16)13-11(14)18/h6-7H,4-5H2,1-3H3,(H2,12,13,16,17,18). The van der Waals surface area contributed by atoms with Gasteiger partial charge in [-0.2, -0.15) is 0 Å². The summed E-state index contributed by atoms with van der Waals surface area (Å²) in [5.41, 5.74) is -2.79. The molecule has 1 aromatic heterocycles. The predicted molar refractivity (Wildman–Crippen MR) is 67.0 cm³/mol. The highest BCUT2D eigenvalue weighted by molar-refractivity contribution is 5.69. The number of aromatic amines is 2. The Labute approximate surface area is 108 Å². The van der Waals surface area contributed by atoms with Crippen molar-refractivity contribution in [3.8, 4) is 0 Å². The molecule has 8 heteroatoms. The number of H-pyrrole nitrogens is 2. The molecule has 0 aliphatic rings. The van der Waals surface area contributed by atoms with Gasteiger partial charge in [0.05, 0.1) is 6.10 Å². The number of ether oxygens (including phenoxy) is 1. The molecule has 8 nitrogen and oxygen atoms in total. The van der Waals surface area contributed by atoms with Crippen LogP contribution in [-0.2, 0) is 16.1 Å². The van der Waals surface area contributed by atoms with Gasteiger partial charge in [-0.15, -0.1) is 0 Å². The lowest BCUT2D eigenvalue weighted by Gasteiger charge is -2.15. The number of carbonyl (C=O) groups is 1. The van der Waals surface area contributed by atoms with E-state index in [2.05, 4.69) is 0 Å². The lowest BCUT2D eigenvalue weighted by atomic mass is 10.1. The minimum atomic E-state index is -0.942. The van der Waals surface area contributed by atoms with Gasteiger partial charge in [0.1, 0.15) is 6.54 Å². The largest absolute Gasteiger partial charge is 0.461 e. The maximum absolute atomic E-state index is 11.6. The number of aromatic nitrogens is 3. The highest BCUT2D eigenvalue weighted by atomic mass is 16.5. The van der Waals surface area contributed by atoms with E-state index in [9.17, 15) is 19.2 Å². The van der Waals surface area contributed by atoms with Crippen LogP contribution in [0.25, 0.3) is 0 Å². The Bertz CT molecular complexity index is 575. The van der Waals surface area contributed by atoms with Crippen molar-refractivity contribution >= 4 is 5.97 Å². The van der Waals surface area contributed by atoms with Crippen molar-refractivity contribution < 1.29 is 9.53 Å². The van der Waals surface area contributed by atoms with Gasteiger partial charge >= 0.3 is 23.0 Å². The van der Waals surface area contributed by atoms with Crippen LogP contribution >= 0.6 is 0 Å². The van der Waals surface area contributed by atoms with Gasteiger partial charge in [-0.05, 0) is 19.3 Å². The van der Waals surface area contributed by atoms with Gasteiger partial charge in [0.25, 0.3) is 0 Å². The molecule has 0 aliphatic heterocycles. The van der Waals surface area contributed by atoms with Crippen molar-refractivity contribution in [2.24, 2.45) is 5.92 Å². The van der Waals surface area contributed by atoms with Gasteiger partial charge in [0, 0.05) is 0 Å². The molecule has 1 unspecified atom stereocenters. The van der Waals surface area contributed by atoms with Crippen molar-refractivity contribution in [3.63, 3.8) is 0 Å². The molecule has 0 saturated heterocycles. The molecule has 1 atom stereocenters. The van der Waals surface area contributed by atoms with Crippen molar-refractivity contribution in [2.45, 2.75) is 39.8 Å². The highest BCUT2D eigenvalue weighted by Gasteiger charge is 2.14. The summed E-state index contributed by atoms with van der Waals surface area (Å²) in [6, 6.07) is 0. The van der Waals surface area contributed by atoms with Crippen molar-refractivity contribution in [2.75, 3.05) is 0 Å². The Morgan fingerprint density at radius 3 is 2.16 bits per heavy atom. The summed E-state index contributed by atoms with van der Waals surface area (Å²) in [7, 11) is 0. The Hall–Kier alpha value is -2.12. The zero-order chi connectivity index (χ0) is 14.6. The van der Waals surface area contributed by atoms with Crippen molar-refractivity contribution in [3.05, 3.63) is 31.5 Å². The maximum atomic E-state index is 11.6. The van der Waals surface area contributed by atoms with E-state index in [-0.39, 0.29) is 6.10 Å². The van der Waals surface area contributed by atoms with Crippen LogP contribution in [0.4, 0.5) is 0 Å². The van der Waals surface area contributed by atoms with Gasteiger partial charge in [-0.3, -0.25) is 14.8 Å². The molecule has 0 saturated carbocycles. The van der Waals surface area contributed by atoms with Gasteiger partial charge in [-0.25, -0.2) is 19.0 Å². The van der Waals surface area contributed by atoms with E-state index >= 15 is 0 Å². The highest BCUT2D eigenvalue weighted by Crippen LogP contribution is 2.07. The maximum Gasteiger partial charge on any atom is 0.334 e. The van der Waals surface area contributed by atoms with Crippen LogP contribution in [0.3, 0.4) is 0 Å². The average Bonchev–Trinajstić information content (AvgIpc) is 2.21. The second kappa shape index (κ2) is 6.17. The first-order chi connectivity index (χ1) is 8.79. The summed E-state index contributed by atoms with van der Waals surface area (Å²) >= 11 is 0. The molecule has 2 N–H and O–H groups in total. The first-order valence-electron chi connectivity index (χ1n) is 5.92. The molecule has 19 heavy (non-hydrogen) atoms. The third kappa shape index (κ3) is 4.57. The van der Waals surface area contributed by atoms with Crippen LogP contribution in [0.5, 0.6) is 0 Å². The Kier molecular flexibility index (Phi) is 4.85. The van der Waals surface area contributed by atoms with E-state index in [1.807, 2.05) is 23.8 Å². The molecule has 0 aromatic carbocycles.